The Hall–Kier alpha value is -2.66. The number of fused-ring (bicyclic) bond motifs is 1. The lowest BCUT2D eigenvalue weighted by Crippen LogP contribution is -2.32. The van der Waals surface area contributed by atoms with Crippen molar-refractivity contribution in [3.8, 4) is 17.3 Å². The van der Waals surface area contributed by atoms with E-state index < -0.39 is 5.41 Å². The van der Waals surface area contributed by atoms with Crippen molar-refractivity contribution in [3.05, 3.63) is 64.7 Å². The molecule has 0 saturated heterocycles. The molecule has 0 radical (unpaired) electrons. The van der Waals surface area contributed by atoms with Crippen molar-refractivity contribution in [1.29, 1.82) is 5.26 Å². The van der Waals surface area contributed by atoms with Gasteiger partial charge in [0.15, 0.2) is 0 Å². The van der Waals surface area contributed by atoms with Crippen LogP contribution in [0.3, 0.4) is 0 Å². The fourth-order valence-corrected chi connectivity index (χ4v) is 3.41. The highest BCUT2D eigenvalue weighted by Gasteiger charge is 2.23. The molecule has 126 valence electrons. The molecule has 0 amide bonds. The molecule has 0 aliphatic rings. The number of aryl methyl sites for hydroxylation is 3. The quantitative estimate of drug-likeness (QED) is 0.604. The first-order valence-corrected chi connectivity index (χ1v) is 8.67. The predicted molar refractivity (Wildman–Crippen MR) is 103 cm³/mol. The number of hydrogen-bond acceptors (Lipinski definition) is 1. The van der Waals surface area contributed by atoms with Gasteiger partial charge in [-0.15, -0.1) is 0 Å². The van der Waals surface area contributed by atoms with Gasteiger partial charge in [0, 0.05) is 23.1 Å². The lowest BCUT2D eigenvalue weighted by Gasteiger charge is -2.16. The van der Waals surface area contributed by atoms with Crippen molar-refractivity contribution in [2.24, 2.45) is 7.05 Å². The van der Waals surface area contributed by atoms with Gasteiger partial charge in [-0.1, -0.05) is 17.7 Å². The van der Waals surface area contributed by atoms with Crippen molar-refractivity contribution in [3.63, 3.8) is 0 Å². The minimum absolute atomic E-state index is 0.493. The van der Waals surface area contributed by atoms with Crippen LogP contribution in [0.25, 0.3) is 22.2 Å². The molecule has 3 aromatic rings. The van der Waals surface area contributed by atoms with Crippen LogP contribution < -0.4 is 4.57 Å². The molecule has 0 saturated carbocycles. The third kappa shape index (κ3) is 2.91. The summed E-state index contributed by atoms with van der Waals surface area (Å²) in [6.45, 7) is 10.4. The number of rotatable bonds is 2. The van der Waals surface area contributed by atoms with Gasteiger partial charge in [-0.3, -0.25) is 0 Å². The number of nitrogens with zero attached hydrogens (tertiary/aromatic N) is 2. The van der Waals surface area contributed by atoms with Crippen LogP contribution in [0.1, 0.15) is 36.1 Å². The molecular formula is C23H25N2+. The second kappa shape index (κ2) is 6.01. The van der Waals surface area contributed by atoms with Gasteiger partial charge in [0.05, 0.1) is 11.5 Å². The lowest BCUT2D eigenvalue weighted by atomic mass is 9.86. The van der Waals surface area contributed by atoms with Gasteiger partial charge in [-0.25, -0.2) is 0 Å². The summed E-state index contributed by atoms with van der Waals surface area (Å²) < 4.78 is 2.24. The van der Waals surface area contributed by atoms with E-state index in [1.807, 2.05) is 13.8 Å². The number of aromatic nitrogens is 1. The van der Waals surface area contributed by atoms with Crippen LogP contribution in [0.4, 0.5) is 0 Å². The van der Waals surface area contributed by atoms with Crippen molar-refractivity contribution < 1.29 is 4.57 Å². The van der Waals surface area contributed by atoms with Gasteiger partial charge >= 0.3 is 0 Å². The Bertz CT molecular complexity index is 1020. The average Bonchev–Trinajstić information content (AvgIpc) is 2.58. The van der Waals surface area contributed by atoms with Gasteiger partial charge in [0.25, 0.3) is 0 Å². The molecule has 2 heteroatoms. The van der Waals surface area contributed by atoms with Crippen molar-refractivity contribution in [2.75, 3.05) is 0 Å². The minimum atomic E-state index is -0.493. The normalized spacial score (nSPS) is 11.6. The van der Waals surface area contributed by atoms with E-state index in [0.717, 1.165) is 11.1 Å². The molecule has 1 heterocycles. The Morgan fingerprint density at radius 3 is 2.32 bits per heavy atom. The summed E-state index contributed by atoms with van der Waals surface area (Å²) >= 11 is 0. The molecule has 0 atom stereocenters. The first kappa shape index (κ1) is 17.2. The molecule has 25 heavy (non-hydrogen) atoms. The van der Waals surface area contributed by atoms with Gasteiger partial charge in [-0.2, -0.15) is 9.83 Å². The van der Waals surface area contributed by atoms with E-state index in [1.54, 1.807) is 0 Å². The van der Waals surface area contributed by atoms with Crippen molar-refractivity contribution in [1.82, 2.24) is 0 Å². The fraction of sp³-hybridized carbons (Fsp3) is 0.304. The summed E-state index contributed by atoms with van der Waals surface area (Å²) in [5.74, 6) is 0. The summed E-state index contributed by atoms with van der Waals surface area (Å²) in [7, 11) is 2.11. The summed E-state index contributed by atoms with van der Waals surface area (Å²) in [6.07, 6.45) is 0. The fourth-order valence-electron chi connectivity index (χ4n) is 3.41. The maximum absolute atomic E-state index is 9.46. The molecule has 3 rings (SSSR count). The molecule has 0 N–H and O–H groups in total. The molecule has 0 fully saturated rings. The Morgan fingerprint density at radius 1 is 0.960 bits per heavy atom. The maximum atomic E-state index is 9.46. The van der Waals surface area contributed by atoms with E-state index in [4.69, 9.17) is 0 Å². The predicted octanol–water partition coefficient (Wildman–Crippen LogP) is 5.06. The second-order valence-electron chi connectivity index (χ2n) is 7.54. The smallest absolute Gasteiger partial charge is 0.197 e. The lowest BCUT2D eigenvalue weighted by molar-refractivity contribution is -0.633. The molecule has 2 nitrogen and oxygen atoms in total. The standard InChI is InChI=1S/C23H25N2/c1-15-11-16(2)17(3)20(12-15)21-10-8-18-7-9-19(23(4,5)14-24)13-22(18)25(21)6/h7-13H,1-6H3/q+1. The van der Waals surface area contributed by atoms with E-state index >= 15 is 0 Å². The van der Waals surface area contributed by atoms with Crippen LogP contribution >= 0.6 is 0 Å². The van der Waals surface area contributed by atoms with Gasteiger partial charge in [0.2, 0.25) is 11.2 Å². The topological polar surface area (TPSA) is 27.7 Å². The molecule has 0 spiro atoms. The van der Waals surface area contributed by atoms with Gasteiger partial charge in [-0.05, 0) is 69.5 Å². The zero-order valence-corrected chi connectivity index (χ0v) is 15.9. The summed E-state index contributed by atoms with van der Waals surface area (Å²) in [5, 5.41) is 10.6. The van der Waals surface area contributed by atoms with E-state index in [2.05, 4.69) is 80.9 Å². The average molecular weight is 329 g/mol. The third-order valence-corrected chi connectivity index (χ3v) is 5.26. The SMILES string of the molecule is Cc1cc(C)c(C)c(-c2ccc3ccc(C(C)(C)C#N)cc3[n+]2C)c1. The molecule has 0 bridgehead atoms. The molecule has 1 aromatic heterocycles. The largest absolute Gasteiger partial charge is 0.213 e. The van der Waals surface area contributed by atoms with Crippen LogP contribution in [0.2, 0.25) is 0 Å². The molecule has 0 unspecified atom stereocenters. The van der Waals surface area contributed by atoms with Crippen LogP contribution in [0.15, 0.2) is 42.5 Å². The van der Waals surface area contributed by atoms with Gasteiger partial charge in [0.1, 0.15) is 7.05 Å². The Kier molecular flexibility index (Phi) is 4.13. The Labute approximate surface area is 150 Å². The minimum Gasteiger partial charge on any atom is -0.197 e. The second-order valence-corrected chi connectivity index (χ2v) is 7.54. The maximum Gasteiger partial charge on any atom is 0.213 e. The van der Waals surface area contributed by atoms with Crippen LogP contribution in [-0.4, -0.2) is 0 Å². The first-order chi connectivity index (χ1) is 11.7. The zero-order chi connectivity index (χ0) is 18.4. The number of pyridine rings is 1. The Morgan fingerprint density at radius 2 is 1.64 bits per heavy atom. The zero-order valence-electron chi connectivity index (χ0n) is 15.9. The summed E-state index contributed by atoms with van der Waals surface area (Å²) in [6, 6.07) is 17.6. The van der Waals surface area contributed by atoms with Crippen LogP contribution in [-0.2, 0) is 12.5 Å². The molecule has 0 aliphatic carbocycles. The molecule has 0 aliphatic heterocycles. The van der Waals surface area contributed by atoms with Gasteiger partial charge < -0.3 is 0 Å². The molecule has 2 aromatic carbocycles. The molecular weight excluding hydrogens is 304 g/mol. The van der Waals surface area contributed by atoms with Crippen molar-refractivity contribution in [2.45, 2.75) is 40.0 Å². The number of hydrogen-bond donors (Lipinski definition) is 0. The van der Waals surface area contributed by atoms with Crippen LogP contribution in [0.5, 0.6) is 0 Å². The number of nitriles is 1. The highest BCUT2D eigenvalue weighted by atomic mass is 14.9. The highest BCUT2D eigenvalue weighted by molar-refractivity contribution is 5.79. The van der Waals surface area contributed by atoms with E-state index in [-0.39, 0.29) is 0 Å². The summed E-state index contributed by atoms with van der Waals surface area (Å²) in [5.41, 5.74) is 8.08. The van der Waals surface area contributed by atoms with Crippen LogP contribution in [0, 0.1) is 32.1 Å². The van der Waals surface area contributed by atoms with Crippen molar-refractivity contribution >= 4 is 10.9 Å². The third-order valence-electron chi connectivity index (χ3n) is 5.26. The van der Waals surface area contributed by atoms with E-state index in [1.165, 1.54) is 33.3 Å². The Balaban J connectivity index is 2.29. The summed E-state index contributed by atoms with van der Waals surface area (Å²) in [4.78, 5) is 0. The monoisotopic (exact) mass is 329 g/mol. The van der Waals surface area contributed by atoms with E-state index in [0.29, 0.717) is 0 Å². The first-order valence-electron chi connectivity index (χ1n) is 8.67. The van der Waals surface area contributed by atoms with E-state index in [9.17, 15) is 5.26 Å². The highest BCUT2D eigenvalue weighted by Crippen LogP contribution is 2.28. The number of benzene rings is 2.